The van der Waals surface area contributed by atoms with E-state index < -0.39 is 5.92 Å². The molecular formula is C26H28N2O2. The van der Waals surface area contributed by atoms with Gasteiger partial charge in [0.25, 0.3) is 0 Å². The summed E-state index contributed by atoms with van der Waals surface area (Å²) in [7, 11) is 0. The molecule has 0 aliphatic heterocycles. The van der Waals surface area contributed by atoms with Gasteiger partial charge >= 0.3 is 0 Å². The number of ketones is 2. The number of fused-ring (bicyclic) bond motifs is 1. The summed E-state index contributed by atoms with van der Waals surface area (Å²) in [6.07, 6.45) is 1.61. The van der Waals surface area contributed by atoms with Gasteiger partial charge in [-0.2, -0.15) is 0 Å². The minimum atomic E-state index is -0.670. The zero-order chi connectivity index (χ0) is 21.3. The first-order valence-electron chi connectivity index (χ1n) is 10.6. The molecule has 1 fully saturated rings. The average Bonchev–Trinajstić information content (AvgIpc) is 3.03. The molecule has 3 aromatic rings. The van der Waals surface area contributed by atoms with Crippen molar-refractivity contribution in [2.45, 2.75) is 46.0 Å². The van der Waals surface area contributed by atoms with Crippen LogP contribution in [0, 0.1) is 19.8 Å². The van der Waals surface area contributed by atoms with Gasteiger partial charge in [-0.25, -0.2) is 0 Å². The first-order chi connectivity index (χ1) is 14.4. The summed E-state index contributed by atoms with van der Waals surface area (Å²) in [4.78, 5) is 33.6. The van der Waals surface area contributed by atoms with Gasteiger partial charge in [-0.05, 0) is 56.4 Å². The number of benzene rings is 2. The highest BCUT2D eigenvalue weighted by Crippen LogP contribution is 2.32. The summed E-state index contributed by atoms with van der Waals surface area (Å²) in [5.41, 5.74) is 6.50. The Morgan fingerprint density at radius 3 is 2.43 bits per heavy atom. The topological polar surface area (TPSA) is 62.3 Å². The largest absolute Gasteiger partial charge is 0.358 e. The third-order valence-electron chi connectivity index (χ3n) is 6.23. The van der Waals surface area contributed by atoms with Crippen LogP contribution in [0.25, 0.3) is 10.9 Å². The van der Waals surface area contributed by atoms with Gasteiger partial charge in [0.1, 0.15) is 17.5 Å². The molecule has 154 valence electrons. The Kier molecular flexibility index (Phi) is 5.67. The smallest absolute Gasteiger partial charge is 0.149 e. The van der Waals surface area contributed by atoms with Gasteiger partial charge in [-0.15, -0.1) is 0 Å². The number of carbonyl (C=O) groups excluding carboxylic acids is 2. The third kappa shape index (κ3) is 4.00. The number of aromatic nitrogens is 1. The number of nitrogens with one attached hydrogen (secondary N) is 1. The van der Waals surface area contributed by atoms with Crippen molar-refractivity contribution in [1.82, 2.24) is 4.98 Å². The molecule has 1 heterocycles. The molecule has 30 heavy (non-hydrogen) atoms. The number of H-pyrrole nitrogens is 1. The fourth-order valence-corrected chi connectivity index (χ4v) is 4.65. The number of nitrogens with zero attached hydrogens (tertiary/aromatic N) is 1. The van der Waals surface area contributed by atoms with Crippen molar-refractivity contribution >= 4 is 28.2 Å². The molecule has 1 N–H and O–H groups in total. The summed E-state index contributed by atoms with van der Waals surface area (Å²) in [6.45, 7) is 6.58. The fourth-order valence-electron chi connectivity index (χ4n) is 4.65. The van der Waals surface area contributed by atoms with Crippen molar-refractivity contribution in [2.75, 3.05) is 6.54 Å². The highest BCUT2D eigenvalue weighted by atomic mass is 16.2. The predicted molar refractivity (Wildman–Crippen MR) is 121 cm³/mol. The predicted octanol–water partition coefficient (Wildman–Crippen LogP) is 5.12. The first-order valence-corrected chi connectivity index (χ1v) is 10.6. The summed E-state index contributed by atoms with van der Waals surface area (Å²) < 4.78 is 0. The lowest BCUT2D eigenvalue weighted by Gasteiger charge is -2.26. The van der Waals surface area contributed by atoms with Crippen LogP contribution < -0.4 is 0 Å². The minimum absolute atomic E-state index is 0.000234. The Balaban J connectivity index is 1.45. The molecular weight excluding hydrogens is 372 g/mol. The third-order valence-corrected chi connectivity index (χ3v) is 6.23. The summed E-state index contributed by atoms with van der Waals surface area (Å²) in [5, 5.41) is 1.23. The molecule has 2 aromatic carbocycles. The Morgan fingerprint density at radius 2 is 1.73 bits per heavy atom. The maximum atomic E-state index is 12.8. The van der Waals surface area contributed by atoms with Gasteiger partial charge in [0.2, 0.25) is 0 Å². The summed E-state index contributed by atoms with van der Waals surface area (Å²) in [5.74, 6) is -0.677. The van der Waals surface area contributed by atoms with Gasteiger partial charge in [0, 0.05) is 41.7 Å². The van der Waals surface area contributed by atoms with Gasteiger partial charge in [0.05, 0.1) is 0 Å². The van der Waals surface area contributed by atoms with Crippen LogP contribution in [-0.2, 0) is 16.0 Å². The van der Waals surface area contributed by atoms with Crippen molar-refractivity contribution < 1.29 is 9.59 Å². The van der Waals surface area contributed by atoms with Crippen molar-refractivity contribution in [3.63, 3.8) is 0 Å². The normalized spacial score (nSPS) is 20.2. The number of carbonyl (C=O) groups is 2. The molecule has 0 unspecified atom stereocenters. The second-order valence-electron chi connectivity index (χ2n) is 8.43. The Hall–Kier alpha value is -3.01. The zero-order valence-electron chi connectivity index (χ0n) is 17.9. The molecule has 0 atom stereocenters. The molecule has 1 aromatic heterocycles. The molecule has 1 aliphatic carbocycles. The van der Waals surface area contributed by atoms with Crippen LogP contribution in [0.5, 0.6) is 0 Å². The quantitative estimate of drug-likeness (QED) is 0.477. The van der Waals surface area contributed by atoms with Crippen LogP contribution in [0.1, 0.15) is 48.1 Å². The van der Waals surface area contributed by atoms with E-state index in [2.05, 4.69) is 42.0 Å². The number of aromatic amines is 1. The van der Waals surface area contributed by atoms with Crippen LogP contribution in [-0.4, -0.2) is 28.8 Å². The monoisotopic (exact) mass is 400 g/mol. The highest BCUT2D eigenvalue weighted by molar-refractivity contribution is 6.22. The van der Waals surface area contributed by atoms with E-state index in [9.17, 15) is 9.59 Å². The Bertz CT molecular complexity index is 1110. The van der Waals surface area contributed by atoms with Crippen LogP contribution in [0.3, 0.4) is 0 Å². The van der Waals surface area contributed by atoms with E-state index in [4.69, 9.17) is 0 Å². The second-order valence-corrected chi connectivity index (χ2v) is 8.43. The van der Waals surface area contributed by atoms with E-state index in [1.54, 1.807) is 0 Å². The molecule has 0 saturated heterocycles. The maximum Gasteiger partial charge on any atom is 0.149 e. The number of hydrogen-bond acceptors (Lipinski definition) is 3. The maximum absolute atomic E-state index is 12.8. The summed E-state index contributed by atoms with van der Waals surface area (Å²) >= 11 is 0. The zero-order valence-corrected chi connectivity index (χ0v) is 17.9. The van der Waals surface area contributed by atoms with Crippen LogP contribution in [0.4, 0.5) is 0 Å². The van der Waals surface area contributed by atoms with Gasteiger partial charge in [-0.3, -0.25) is 14.6 Å². The molecule has 0 amide bonds. The van der Waals surface area contributed by atoms with E-state index in [-0.39, 0.29) is 17.5 Å². The number of aliphatic imine (C=N–C) groups is 1. The van der Waals surface area contributed by atoms with Gasteiger partial charge in [0.15, 0.2) is 0 Å². The molecule has 1 saturated carbocycles. The fraction of sp³-hybridized carbons (Fsp3) is 0.346. The lowest BCUT2D eigenvalue weighted by atomic mass is 9.75. The SMILES string of the molecule is CC(=NCCc1c(C)[nH]c2ccc(C)cc12)C1C(=O)CC(c2ccccc2)CC1=O. The van der Waals surface area contributed by atoms with Crippen molar-refractivity contribution in [3.05, 3.63) is 70.9 Å². The molecule has 4 rings (SSSR count). The van der Waals surface area contributed by atoms with Crippen molar-refractivity contribution in [2.24, 2.45) is 10.9 Å². The number of Topliss-reactive ketones (excluding diaryl/α,β-unsaturated/α-hetero) is 2. The molecule has 4 nitrogen and oxygen atoms in total. The average molecular weight is 401 g/mol. The Morgan fingerprint density at radius 1 is 1.03 bits per heavy atom. The number of aryl methyl sites for hydroxylation is 2. The lowest BCUT2D eigenvalue weighted by Crippen LogP contribution is -2.37. The number of rotatable bonds is 5. The molecule has 0 spiro atoms. The molecule has 0 bridgehead atoms. The number of hydrogen-bond donors (Lipinski definition) is 1. The standard InChI is InChI=1S/C26H28N2O2/c1-16-9-10-23-22(13-16)21(17(2)28-23)11-12-27-18(3)26-24(29)14-20(15-25(26)30)19-7-5-4-6-8-19/h4-10,13,20,26,28H,11-12,14-15H2,1-3H3. The lowest BCUT2D eigenvalue weighted by molar-refractivity contribution is -0.133. The molecule has 4 heteroatoms. The van der Waals surface area contributed by atoms with E-state index in [0.29, 0.717) is 25.1 Å². The van der Waals surface area contributed by atoms with E-state index in [1.165, 1.54) is 16.5 Å². The molecule has 1 aliphatic rings. The minimum Gasteiger partial charge on any atom is -0.358 e. The van der Waals surface area contributed by atoms with Crippen molar-refractivity contribution in [1.29, 1.82) is 0 Å². The van der Waals surface area contributed by atoms with E-state index in [1.807, 2.05) is 37.3 Å². The van der Waals surface area contributed by atoms with Crippen molar-refractivity contribution in [3.8, 4) is 0 Å². The molecule has 0 radical (unpaired) electrons. The van der Waals surface area contributed by atoms with E-state index in [0.717, 1.165) is 23.2 Å². The Labute approximate surface area is 177 Å². The highest BCUT2D eigenvalue weighted by Gasteiger charge is 2.37. The van der Waals surface area contributed by atoms with Crippen LogP contribution >= 0.6 is 0 Å². The van der Waals surface area contributed by atoms with Crippen LogP contribution in [0.15, 0.2) is 53.5 Å². The summed E-state index contributed by atoms with van der Waals surface area (Å²) in [6, 6.07) is 16.3. The first kappa shape index (κ1) is 20.3. The van der Waals surface area contributed by atoms with Crippen LogP contribution in [0.2, 0.25) is 0 Å². The van der Waals surface area contributed by atoms with Gasteiger partial charge < -0.3 is 4.98 Å². The van der Waals surface area contributed by atoms with E-state index >= 15 is 0 Å². The van der Waals surface area contributed by atoms with Gasteiger partial charge in [-0.1, -0.05) is 42.0 Å². The second kappa shape index (κ2) is 8.39.